The largest absolute Gasteiger partial charge is 0.424 e. The molecule has 202 valence electrons. The van der Waals surface area contributed by atoms with Crippen LogP contribution in [-0.4, -0.2) is 58.5 Å². The quantitative estimate of drug-likeness (QED) is 0.401. The molecule has 5 atom stereocenters. The van der Waals surface area contributed by atoms with Gasteiger partial charge in [0.15, 0.2) is 0 Å². The normalized spacial score (nSPS) is 33.2. The van der Waals surface area contributed by atoms with Crippen LogP contribution in [0, 0.1) is 5.41 Å². The van der Waals surface area contributed by atoms with Crippen molar-refractivity contribution in [1.29, 1.82) is 0 Å². The third-order valence-electron chi connectivity index (χ3n) is 9.55. The fourth-order valence-electron chi connectivity index (χ4n) is 7.44. The number of pyridine rings is 1. The molecule has 0 amide bonds. The highest BCUT2D eigenvalue weighted by molar-refractivity contribution is 5.94. The molecule has 2 bridgehead atoms. The van der Waals surface area contributed by atoms with Gasteiger partial charge in [-0.25, -0.2) is 0 Å². The highest BCUT2D eigenvalue weighted by atomic mass is 19.4. The van der Waals surface area contributed by atoms with Crippen LogP contribution in [0.2, 0.25) is 0 Å². The van der Waals surface area contributed by atoms with Gasteiger partial charge in [-0.1, -0.05) is 0 Å². The minimum Gasteiger partial charge on any atom is -0.424 e. The van der Waals surface area contributed by atoms with E-state index in [0.29, 0.717) is 18.0 Å². The first-order valence-electron chi connectivity index (χ1n) is 12.8. The molecule has 12 heteroatoms. The zero-order valence-corrected chi connectivity index (χ0v) is 20.5. The Kier molecular flexibility index (Phi) is 4.84. The minimum absolute atomic E-state index is 0.0165. The third-order valence-corrected chi connectivity index (χ3v) is 9.55. The van der Waals surface area contributed by atoms with Crippen LogP contribution >= 0.6 is 0 Å². The third kappa shape index (κ3) is 3.21. The summed E-state index contributed by atoms with van der Waals surface area (Å²) in [5.74, 6) is 0.390. The van der Waals surface area contributed by atoms with Gasteiger partial charge >= 0.3 is 12.4 Å². The molecule has 3 aliphatic heterocycles. The van der Waals surface area contributed by atoms with E-state index in [1.54, 1.807) is 0 Å². The van der Waals surface area contributed by atoms with Crippen LogP contribution < -0.4 is 4.90 Å². The summed E-state index contributed by atoms with van der Waals surface area (Å²) in [7, 11) is 2.10. The first-order chi connectivity index (χ1) is 17.9. The maximum absolute atomic E-state index is 14.6. The number of anilines is 1. The predicted molar refractivity (Wildman–Crippen MR) is 125 cm³/mol. The molecule has 1 aliphatic carbocycles. The predicted octanol–water partition coefficient (Wildman–Crippen LogP) is 5.69. The van der Waals surface area contributed by atoms with Gasteiger partial charge in [-0.05, 0) is 63.4 Å². The summed E-state index contributed by atoms with van der Waals surface area (Å²) in [6.45, 7) is -0.482. The standard InChI is InChI=1S/C26H25F6N5O/c1-36-15-4-5-16(36)10-14(9-15)21-34-35-22(38-21)23-11-24(23,26(30,31)32)13-37(12-23)19-7-6-18(25(27,28)29)20-17(19)3-2-8-33-20/h2-3,6-8,14-16H,4-5,9-13H2,1H3/t14?,15-,16+,23-,24-/m0/s1. The van der Waals surface area contributed by atoms with Crippen molar-refractivity contribution in [1.82, 2.24) is 20.1 Å². The lowest BCUT2D eigenvalue weighted by Gasteiger charge is -2.34. The second kappa shape index (κ2) is 7.61. The van der Waals surface area contributed by atoms with Crippen LogP contribution in [0.25, 0.3) is 10.9 Å². The number of rotatable bonds is 3. The van der Waals surface area contributed by atoms with Crippen molar-refractivity contribution >= 4 is 16.6 Å². The number of hydrogen-bond donors (Lipinski definition) is 0. The summed E-state index contributed by atoms with van der Waals surface area (Å²) >= 11 is 0. The summed E-state index contributed by atoms with van der Waals surface area (Å²) < 4.78 is 90.5. The van der Waals surface area contributed by atoms with Gasteiger partial charge in [0.25, 0.3) is 0 Å². The summed E-state index contributed by atoms with van der Waals surface area (Å²) in [6, 6.07) is 5.89. The van der Waals surface area contributed by atoms with Gasteiger partial charge in [0.1, 0.15) is 5.41 Å². The number of piperidine rings is 2. The van der Waals surface area contributed by atoms with Crippen molar-refractivity contribution in [3.63, 3.8) is 0 Å². The number of benzene rings is 1. The number of nitrogens with zero attached hydrogens (tertiary/aromatic N) is 5. The van der Waals surface area contributed by atoms with Gasteiger partial charge in [-0.2, -0.15) is 26.3 Å². The van der Waals surface area contributed by atoms with Crippen LogP contribution in [0.15, 0.2) is 34.9 Å². The first-order valence-corrected chi connectivity index (χ1v) is 12.8. The van der Waals surface area contributed by atoms with E-state index < -0.39 is 35.3 Å². The lowest BCUT2D eigenvalue weighted by Crippen LogP contribution is -2.39. The monoisotopic (exact) mass is 537 g/mol. The zero-order valence-electron chi connectivity index (χ0n) is 20.5. The average Bonchev–Trinajstić information content (AvgIpc) is 3.12. The molecule has 4 aliphatic rings. The van der Waals surface area contributed by atoms with Gasteiger partial charge in [-0.15, -0.1) is 10.2 Å². The molecule has 0 radical (unpaired) electrons. The topological polar surface area (TPSA) is 58.3 Å². The van der Waals surface area contributed by atoms with Crippen molar-refractivity contribution < 1.29 is 30.8 Å². The van der Waals surface area contributed by atoms with E-state index in [4.69, 9.17) is 4.42 Å². The van der Waals surface area contributed by atoms with E-state index in [9.17, 15) is 26.3 Å². The van der Waals surface area contributed by atoms with Crippen molar-refractivity contribution in [2.24, 2.45) is 5.41 Å². The molecule has 0 N–H and O–H groups in total. The molecule has 1 unspecified atom stereocenters. The molecule has 3 aromatic rings. The van der Waals surface area contributed by atoms with Gasteiger partial charge in [-0.3, -0.25) is 4.98 Å². The summed E-state index contributed by atoms with van der Waals surface area (Å²) in [5, 5.41) is 8.53. The Morgan fingerprint density at radius 3 is 2.39 bits per heavy atom. The van der Waals surface area contributed by atoms with E-state index in [2.05, 4.69) is 27.1 Å². The lowest BCUT2D eigenvalue weighted by atomic mass is 9.91. The van der Waals surface area contributed by atoms with E-state index in [1.807, 2.05) is 0 Å². The highest BCUT2D eigenvalue weighted by Crippen LogP contribution is 2.75. The SMILES string of the molecule is CN1[C@@H]2CC[C@H]1CC(c1nnc([C@]34CN(c5ccc(C(F)(F)F)c6ncccc56)C[C@@]3(C(F)(F)F)C4)o1)C2. The number of aromatic nitrogens is 3. The molecule has 3 saturated heterocycles. The molecule has 4 fully saturated rings. The van der Waals surface area contributed by atoms with Crippen molar-refractivity contribution in [3.8, 4) is 0 Å². The van der Waals surface area contributed by atoms with E-state index >= 15 is 0 Å². The van der Waals surface area contributed by atoms with Crippen molar-refractivity contribution in [2.75, 3.05) is 25.0 Å². The smallest absolute Gasteiger partial charge is 0.418 e. The fourth-order valence-corrected chi connectivity index (χ4v) is 7.44. The molecule has 1 saturated carbocycles. The van der Waals surface area contributed by atoms with Crippen LogP contribution in [0.4, 0.5) is 32.0 Å². The van der Waals surface area contributed by atoms with Gasteiger partial charge < -0.3 is 14.2 Å². The maximum Gasteiger partial charge on any atom is 0.418 e. The fraction of sp³-hybridized carbons (Fsp3) is 0.577. The average molecular weight is 538 g/mol. The summed E-state index contributed by atoms with van der Waals surface area (Å²) in [6.07, 6.45) is -4.28. The number of alkyl halides is 6. The zero-order chi connectivity index (χ0) is 26.7. The molecule has 1 aromatic carbocycles. The van der Waals surface area contributed by atoms with E-state index in [1.165, 1.54) is 29.3 Å². The van der Waals surface area contributed by atoms with Crippen LogP contribution in [0.3, 0.4) is 0 Å². The molecule has 5 heterocycles. The van der Waals surface area contributed by atoms with Gasteiger partial charge in [0.05, 0.1) is 16.5 Å². The number of halogens is 6. The van der Waals surface area contributed by atoms with Gasteiger partial charge in [0.2, 0.25) is 11.8 Å². The van der Waals surface area contributed by atoms with Gasteiger partial charge in [0, 0.05) is 48.4 Å². The molecular formula is C26H25F6N5O. The Morgan fingerprint density at radius 1 is 0.974 bits per heavy atom. The Bertz CT molecular complexity index is 1410. The van der Waals surface area contributed by atoms with Crippen molar-refractivity contribution in [3.05, 3.63) is 47.8 Å². The first kappa shape index (κ1) is 24.2. The summed E-state index contributed by atoms with van der Waals surface area (Å²) in [4.78, 5) is 7.78. The molecule has 38 heavy (non-hydrogen) atoms. The second-order valence-electron chi connectivity index (χ2n) is 11.4. The van der Waals surface area contributed by atoms with E-state index in [0.717, 1.165) is 31.7 Å². The Labute approximate surface area is 214 Å². The molecular weight excluding hydrogens is 512 g/mol. The molecule has 6 nitrogen and oxygen atoms in total. The van der Waals surface area contributed by atoms with E-state index in [-0.39, 0.29) is 41.4 Å². The molecule has 0 spiro atoms. The highest BCUT2D eigenvalue weighted by Gasteiger charge is 2.86. The van der Waals surface area contributed by atoms with Crippen LogP contribution in [-0.2, 0) is 11.6 Å². The second-order valence-corrected chi connectivity index (χ2v) is 11.4. The minimum atomic E-state index is -4.64. The van der Waals surface area contributed by atoms with Crippen molar-refractivity contribution in [2.45, 2.75) is 67.9 Å². The Balaban J connectivity index is 1.25. The number of hydrogen-bond acceptors (Lipinski definition) is 6. The number of fused-ring (bicyclic) bond motifs is 4. The Hall–Kier alpha value is -2.89. The maximum atomic E-state index is 14.6. The molecule has 7 rings (SSSR count). The Morgan fingerprint density at radius 2 is 1.71 bits per heavy atom. The van der Waals surface area contributed by atoms with Crippen LogP contribution in [0.1, 0.15) is 55.4 Å². The molecule has 2 aromatic heterocycles. The van der Waals surface area contributed by atoms with Crippen LogP contribution in [0.5, 0.6) is 0 Å². The lowest BCUT2D eigenvalue weighted by molar-refractivity contribution is -0.187. The summed E-state index contributed by atoms with van der Waals surface area (Å²) in [5.41, 5.74) is -4.46.